The maximum Gasteiger partial charge on any atom is 0.0406 e. The van der Waals surface area contributed by atoms with Gasteiger partial charge in [0.2, 0.25) is 0 Å². The maximum atomic E-state index is 5.93. The van der Waals surface area contributed by atoms with Crippen molar-refractivity contribution in [3.63, 3.8) is 0 Å². The lowest BCUT2D eigenvalue weighted by Gasteiger charge is -2.09. The third-order valence-corrected chi connectivity index (χ3v) is 3.02. The predicted octanol–water partition coefficient (Wildman–Crippen LogP) is 4.21. The maximum absolute atomic E-state index is 5.93. The van der Waals surface area contributed by atoms with E-state index in [1.54, 1.807) is 0 Å². The van der Waals surface area contributed by atoms with Gasteiger partial charge in [-0.1, -0.05) is 23.7 Å². The molecule has 0 saturated carbocycles. The number of hydrogen-bond donors (Lipinski definition) is 1. The highest BCUT2D eigenvalue weighted by molar-refractivity contribution is 6.30. The van der Waals surface area contributed by atoms with Gasteiger partial charge in [-0.2, -0.15) is 0 Å². The lowest BCUT2D eigenvalue weighted by atomic mass is 9.99. The van der Waals surface area contributed by atoms with Crippen molar-refractivity contribution in [3.05, 3.63) is 52.5 Å². The van der Waals surface area contributed by atoms with Crippen LogP contribution in [0.4, 0.5) is 5.69 Å². The zero-order valence-electron chi connectivity index (χ0n) is 9.42. The van der Waals surface area contributed by atoms with E-state index >= 15 is 0 Å². The zero-order valence-corrected chi connectivity index (χ0v) is 10.2. The average molecular weight is 232 g/mol. The number of anilines is 1. The topological polar surface area (TPSA) is 26.0 Å². The monoisotopic (exact) mass is 231 g/mol. The Bertz CT molecular complexity index is 492. The summed E-state index contributed by atoms with van der Waals surface area (Å²) in [5.74, 6) is 0. The minimum Gasteiger partial charge on any atom is -0.398 e. The third-order valence-electron chi connectivity index (χ3n) is 2.77. The molecule has 2 aromatic carbocycles. The Labute approximate surface area is 101 Å². The van der Waals surface area contributed by atoms with Gasteiger partial charge in [0, 0.05) is 10.7 Å². The van der Waals surface area contributed by atoms with Crippen LogP contribution in [-0.2, 0) is 0 Å². The largest absolute Gasteiger partial charge is 0.398 e. The summed E-state index contributed by atoms with van der Waals surface area (Å²) >= 11 is 5.87. The van der Waals surface area contributed by atoms with Crippen molar-refractivity contribution < 1.29 is 0 Å². The SMILES string of the molecule is Cc1cc(-c2ccc(Cl)cc2)cc(C)c1N. The van der Waals surface area contributed by atoms with E-state index in [1.807, 2.05) is 38.1 Å². The summed E-state index contributed by atoms with van der Waals surface area (Å²) in [7, 11) is 0. The minimum absolute atomic E-state index is 0.757. The van der Waals surface area contributed by atoms with Crippen molar-refractivity contribution in [1.29, 1.82) is 0 Å². The lowest BCUT2D eigenvalue weighted by molar-refractivity contribution is 1.39. The van der Waals surface area contributed by atoms with Gasteiger partial charge in [-0.15, -0.1) is 0 Å². The molecule has 16 heavy (non-hydrogen) atoms. The number of rotatable bonds is 1. The Morgan fingerprint density at radius 3 is 1.88 bits per heavy atom. The Kier molecular flexibility index (Phi) is 2.88. The van der Waals surface area contributed by atoms with Crippen LogP contribution in [0.3, 0.4) is 0 Å². The van der Waals surface area contributed by atoms with Crippen molar-refractivity contribution in [2.75, 3.05) is 5.73 Å². The highest BCUT2D eigenvalue weighted by Gasteiger charge is 2.03. The average Bonchev–Trinajstić information content (AvgIpc) is 2.26. The number of halogens is 1. The summed E-state index contributed by atoms with van der Waals surface area (Å²) in [4.78, 5) is 0. The quantitative estimate of drug-likeness (QED) is 0.732. The first-order chi connectivity index (χ1) is 7.58. The zero-order chi connectivity index (χ0) is 11.7. The summed E-state index contributed by atoms with van der Waals surface area (Å²) in [5.41, 5.74) is 11.4. The highest BCUT2D eigenvalue weighted by Crippen LogP contribution is 2.27. The number of hydrogen-bond acceptors (Lipinski definition) is 1. The van der Waals surface area contributed by atoms with Gasteiger partial charge >= 0.3 is 0 Å². The molecule has 82 valence electrons. The molecule has 0 amide bonds. The minimum atomic E-state index is 0.757. The fourth-order valence-corrected chi connectivity index (χ4v) is 1.91. The van der Waals surface area contributed by atoms with Crippen molar-refractivity contribution in [1.82, 2.24) is 0 Å². The standard InChI is InChI=1S/C14H14ClN/c1-9-7-12(8-10(2)14(9)16)11-3-5-13(15)6-4-11/h3-8H,16H2,1-2H3. The van der Waals surface area contributed by atoms with Crippen molar-refractivity contribution in [2.45, 2.75) is 13.8 Å². The molecule has 0 aromatic heterocycles. The van der Waals surface area contributed by atoms with Gasteiger partial charge in [-0.05, 0) is 60.4 Å². The third kappa shape index (κ3) is 2.05. The van der Waals surface area contributed by atoms with Crippen molar-refractivity contribution >= 4 is 17.3 Å². The number of nitrogen functional groups attached to an aromatic ring is 1. The van der Waals surface area contributed by atoms with E-state index in [1.165, 1.54) is 5.56 Å². The normalized spacial score (nSPS) is 10.4. The molecular weight excluding hydrogens is 218 g/mol. The van der Waals surface area contributed by atoms with Gasteiger partial charge in [-0.25, -0.2) is 0 Å². The van der Waals surface area contributed by atoms with E-state index in [0.29, 0.717) is 0 Å². The molecule has 2 rings (SSSR count). The second-order valence-electron chi connectivity index (χ2n) is 4.03. The molecule has 0 fully saturated rings. The molecule has 0 unspecified atom stereocenters. The molecule has 0 atom stereocenters. The van der Waals surface area contributed by atoms with Crippen LogP contribution in [0.15, 0.2) is 36.4 Å². The van der Waals surface area contributed by atoms with Gasteiger partial charge < -0.3 is 5.73 Å². The highest BCUT2D eigenvalue weighted by atomic mass is 35.5. The van der Waals surface area contributed by atoms with Gasteiger partial charge in [0.05, 0.1) is 0 Å². The van der Waals surface area contributed by atoms with Crippen LogP contribution in [-0.4, -0.2) is 0 Å². The summed E-state index contributed by atoms with van der Waals surface area (Å²) in [6, 6.07) is 12.0. The molecule has 1 nitrogen and oxygen atoms in total. The molecule has 0 bridgehead atoms. The van der Waals surface area contributed by atoms with Crippen LogP contribution in [0.1, 0.15) is 11.1 Å². The van der Waals surface area contributed by atoms with Crippen LogP contribution in [0.2, 0.25) is 5.02 Å². The molecule has 2 heteroatoms. The molecule has 0 aliphatic heterocycles. The molecule has 0 saturated heterocycles. The van der Waals surface area contributed by atoms with Crippen LogP contribution >= 0.6 is 11.6 Å². The van der Waals surface area contributed by atoms with E-state index in [-0.39, 0.29) is 0 Å². The van der Waals surface area contributed by atoms with Crippen LogP contribution in [0.5, 0.6) is 0 Å². The number of nitrogens with two attached hydrogens (primary N) is 1. The van der Waals surface area contributed by atoms with E-state index in [0.717, 1.165) is 27.4 Å². The first-order valence-corrected chi connectivity index (χ1v) is 5.58. The molecule has 0 spiro atoms. The molecule has 0 heterocycles. The van der Waals surface area contributed by atoms with Gasteiger partial charge in [-0.3, -0.25) is 0 Å². The van der Waals surface area contributed by atoms with Gasteiger partial charge in [0.25, 0.3) is 0 Å². The summed E-state index contributed by atoms with van der Waals surface area (Å²) in [5, 5.41) is 0.757. The fraction of sp³-hybridized carbons (Fsp3) is 0.143. The first-order valence-electron chi connectivity index (χ1n) is 5.20. The van der Waals surface area contributed by atoms with Crippen molar-refractivity contribution in [2.24, 2.45) is 0 Å². The molecule has 0 aliphatic carbocycles. The summed E-state index contributed by atoms with van der Waals surface area (Å²) < 4.78 is 0. The molecule has 2 aromatic rings. The van der Waals surface area contributed by atoms with Crippen LogP contribution in [0, 0.1) is 13.8 Å². The number of aryl methyl sites for hydroxylation is 2. The molecular formula is C14H14ClN. The van der Waals surface area contributed by atoms with Crippen LogP contribution < -0.4 is 5.73 Å². The molecule has 2 N–H and O–H groups in total. The Morgan fingerprint density at radius 2 is 1.38 bits per heavy atom. The van der Waals surface area contributed by atoms with Crippen LogP contribution in [0.25, 0.3) is 11.1 Å². The molecule has 0 radical (unpaired) electrons. The van der Waals surface area contributed by atoms with E-state index in [2.05, 4.69) is 12.1 Å². The van der Waals surface area contributed by atoms with E-state index < -0.39 is 0 Å². The van der Waals surface area contributed by atoms with Crippen molar-refractivity contribution in [3.8, 4) is 11.1 Å². The first kappa shape index (κ1) is 11.0. The lowest BCUT2D eigenvalue weighted by Crippen LogP contribution is -1.94. The van der Waals surface area contributed by atoms with E-state index in [4.69, 9.17) is 17.3 Å². The van der Waals surface area contributed by atoms with Gasteiger partial charge in [0.1, 0.15) is 0 Å². The number of benzene rings is 2. The Hall–Kier alpha value is -1.47. The smallest absolute Gasteiger partial charge is 0.0406 e. The second kappa shape index (κ2) is 4.18. The second-order valence-corrected chi connectivity index (χ2v) is 4.47. The van der Waals surface area contributed by atoms with Gasteiger partial charge in [0.15, 0.2) is 0 Å². The Morgan fingerprint density at radius 1 is 0.875 bits per heavy atom. The van der Waals surface area contributed by atoms with E-state index in [9.17, 15) is 0 Å². The predicted molar refractivity (Wildman–Crippen MR) is 70.8 cm³/mol. The fourth-order valence-electron chi connectivity index (χ4n) is 1.78. The Balaban J connectivity index is 2.52. The molecule has 0 aliphatic rings. The summed E-state index contributed by atoms with van der Waals surface area (Å²) in [6.45, 7) is 4.06. The summed E-state index contributed by atoms with van der Waals surface area (Å²) in [6.07, 6.45) is 0.